The number of rotatable bonds is 2. The Kier molecular flexibility index (Phi) is 2.89. The van der Waals surface area contributed by atoms with Crippen LogP contribution in [0.5, 0.6) is 0 Å². The maximum absolute atomic E-state index is 5.66. The lowest BCUT2D eigenvalue weighted by Gasteiger charge is -2.06. The van der Waals surface area contributed by atoms with Crippen LogP contribution in [-0.2, 0) is 9.47 Å². The molecular weight excluding hydrogens is 208 g/mol. The average molecular weight is 219 g/mol. The van der Waals surface area contributed by atoms with Crippen LogP contribution in [0.15, 0.2) is 12.1 Å². The zero-order valence-electron chi connectivity index (χ0n) is 7.33. The van der Waals surface area contributed by atoms with Gasteiger partial charge < -0.3 is 9.47 Å². The first-order chi connectivity index (χ1) is 6.29. The van der Waals surface area contributed by atoms with Gasteiger partial charge in [0.25, 0.3) is 0 Å². The second-order valence-electron chi connectivity index (χ2n) is 3.03. The fourth-order valence-electron chi connectivity index (χ4n) is 1.26. The van der Waals surface area contributed by atoms with Crippen LogP contribution in [0.2, 0.25) is 0 Å². The van der Waals surface area contributed by atoms with Gasteiger partial charge in [0, 0.05) is 4.88 Å². The van der Waals surface area contributed by atoms with Crippen LogP contribution < -0.4 is 0 Å². The smallest absolute Gasteiger partial charge is 0.193 e. The molecule has 1 aromatic rings. The van der Waals surface area contributed by atoms with Crippen LogP contribution >= 0.6 is 22.9 Å². The molecule has 72 valence electrons. The Morgan fingerprint density at radius 1 is 1.62 bits per heavy atom. The molecule has 1 saturated heterocycles. The molecule has 1 aromatic heterocycles. The molecule has 2 unspecified atom stereocenters. The van der Waals surface area contributed by atoms with Crippen LogP contribution in [0.25, 0.3) is 0 Å². The van der Waals surface area contributed by atoms with Gasteiger partial charge in [0.15, 0.2) is 6.29 Å². The molecule has 2 heterocycles. The van der Waals surface area contributed by atoms with E-state index >= 15 is 0 Å². The number of halogens is 1. The van der Waals surface area contributed by atoms with Crippen LogP contribution in [0.3, 0.4) is 0 Å². The predicted octanol–water partition coefficient (Wildman–Crippen LogP) is 2.71. The summed E-state index contributed by atoms with van der Waals surface area (Å²) in [6, 6.07) is 4.11. The summed E-state index contributed by atoms with van der Waals surface area (Å²) in [4.78, 5) is 2.40. The van der Waals surface area contributed by atoms with E-state index in [1.54, 1.807) is 11.3 Å². The van der Waals surface area contributed by atoms with Gasteiger partial charge in [-0.3, -0.25) is 0 Å². The summed E-state index contributed by atoms with van der Waals surface area (Å²) in [5, 5.41) is 0. The molecular formula is C9H11ClO2S. The zero-order valence-corrected chi connectivity index (χ0v) is 8.90. The molecule has 4 heteroatoms. The summed E-state index contributed by atoms with van der Waals surface area (Å²) in [6.07, 6.45) is -0.142. The molecule has 0 amide bonds. The van der Waals surface area contributed by atoms with E-state index in [2.05, 4.69) is 13.0 Å². The molecule has 2 nitrogen and oxygen atoms in total. The Bertz CT molecular complexity index is 287. The highest BCUT2D eigenvalue weighted by Crippen LogP contribution is 2.31. The highest BCUT2D eigenvalue weighted by atomic mass is 35.5. The van der Waals surface area contributed by atoms with Crippen molar-refractivity contribution in [2.45, 2.75) is 19.3 Å². The van der Waals surface area contributed by atoms with Gasteiger partial charge in [0.05, 0.1) is 23.5 Å². The second-order valence-corrected chi connectivity index (χ2v) is 4.65. The highest BCUT2D eigenvalue weighted by molar-refractivity contribution is 7.11. The highest BCUT2D eigenvalue weighted by Gasteiger charge is 2.27. The van der Waals surface area contributed by atoms with Crippen molar-refractivity contribution in [1.29, 1.82) is 0 Å². The Morgan fingerprint density at radius 3 is 3.00 bits per heavy atom. The van der Waals surface area contributed by atoms with E-state index in [1.807, 2.05) is 6.07 Å². The van der Waals surface area contributed by atoms with Crippen LogP contribution in [0.1, 0.15) is 16.0 Å². The van der Waals surface area contributed by atoms with Crippen molar-refractivity contribution in [3.8, 4) is 0 Å². The molecule has 1 fully saturated rings. The van der Waals surface area contributed by atoms with Gasteiger partial charge in [0.1, 0.15) is 0 Å². The number of ether oxygens (including phenoxy) is 2. The SMILES string of the molecule is Cc1ccc(C2OCC(CCl)O2)s1. The Hall–Kier alpha value is -0.0900. The minimum absolute atomic E-state index is 0.0501. The summed E-state index contributed by atoms with van der Waals surface area (Å²) in [7, 11) is 0. The molecule has 0 bridgehead atoms. The van der Waals surface area contributed by atoms with E-state index in [-0.39, 0.29) is 12.4 Å². The number of alkyl halides is 1. The first-order valence-corrected chi connectivity index (χ1v) is 5.54. The number of aryl methyl sites for hydroxylation is 1. The minimum atomic E-state index is -0.192. The van der Waals surface area contributed by atoms with Crippen molar-refractivity contribution in [3.63, 3.8) is 0 Å². The largest absolute Gasteiger partial charge is 0.345 e. The average Bonchev–Trinajstić information content (AvgIpc) is 2.71. The van der Waals surface area contributed by atoms with Crippen molar-refractivity contribution in [2.24, 2.45) is 0 Å². The first-order valence-electron chi connectivity index (χ1n) is 4.19. The molecule has 0 aliphatic carbocycles. The quantitative estimate of drug-likeness (QED) is 0.711. The predicted molar refractivity (Wildman–Crippen MR) is 53.3 cm³/mol. The third kappa shape index (κ3) is 2.05. The van der Waals surface area contributed by atoms with Gasteiger partial charge in [-0.05, 0) is 19.1 Å². The van der Waals surface area contributed by atoms with Crippen LogP contribution in [0, 0.1) is 6.92 Å². The fraction of sp³-hybridized carbons (Fsp3) is 0.556. The number of hydrogen-bond acceptors (Lipinski definition) is 3. The Balaban J connectivity index is 2.03. The topological polar surface area (TPSA) is 18.5 Å². The maximum atomic E-state index is 5.66. The molecule has 0 spiro atoms. The van der Waals surface area contributed by atoms with E-state index in [4.69, 9.17) is 21.1 Å². The summed E-state index contributed by atoms with van der Waals surface area (Å²) in [5.74, 6) is 0.501. The summed E-state index contributed by atoms with van der Waals surface area (Å²) < 4.78 is 11.0. The fourth-order valence-corrected chi connectivity index (χ4v) is 2.28. The third-order valence-corrected chi connectivity index (χ3v) is 3.28. The molecule has 0 aromatic carbocycles. The lowest BCUT2D eigenvalue weighted by molar-refractivity contribution is -0.0540. The van der Waals surface area contributed by atoms with E-state index in [0.717, 1.165) is 4.88 Å². The minimum Gasteiger partial charge on any atom is -0.345 e. The standard InChI is InChI=1S/C9H11ClO2S/c1-6-2-3-8(13-6)9-11-5-7(4-10)12-9/h2-3,7,9H,4-5H2,1H3. The lowest BCUT2D eigenvalue weighted by Crippen LogP contribution is -2.10. The van der Waals surface area contributed by atoms with Gasteiger partial charge in [-0.25, -0.2) is 0 Å². The molecule has 13 heavy (non-hydrogen) atoms. The van der Waals surface area contributed by atoms with Crippen LogP contribution in [0.4, 0.5) is 0 Å². The first kappa shape index (κ1) is 9.46. The second kappa shape index (κ2) is 3.96. The summed E-state index contributed by atoms with van der Waals surface area (Å²) in [6.45, 7) is 2.67. The normalized spacial score (nSPS) is 28.2. The van der Waals surface area contributed by atoms with Gasteiger partial charge in [-0.15, -0.1) is 22.9 Å². The third-order valence-electron chi connectivity index (χ3n) is 1.92. The monoisotopic (exact) mass is 218 g/mol. The molecule has 0 saturated carbocycles. The molecule has 2 rings (SSSR count). The molecule has 1 aliphatic heterocycles. The Labute approximate surface area is 86.4 Å². The molecule has 0 N–H and O–H groups in total. The summed E-state index contributed by atoms with van der Waals surface area (Å²) >= 11 is 7.37. The van der Waals surface area contributed by atoms with E-state index in [0.29, 0.717) is 12.5 Å². The van der Waals surface area contributed by atoms with Crippen molar-refractivity contribution < 1.29 is 9.47 Å². The lowest BCUT2D eigenvalue weighted by atomic mass is 10.4. The van der Waals surface area contributed by atoms with Gasteiger partial charge >= 0.3 is 0 Å². The van der Waals surface area contributed by atoms with Gasteiger partial charge in [-0.1, -0.05) is 0 Å². The maximum Gasteiger partial charge on any atom is 0.193 e. The molecule has 0 radical (unpaired) electrons. The molecule has 1 aliphatic rings. The van der Waals surface area contributed by atoms with E-state index in [9.17, 15) is 0 Å². The van der Waals surface area contributed by atoms with Crippen LogP contribution in [-0.4, -0.2) is 18.6 Å². The number of hydrogen-bond donors (Lipinski definition) is 0. The van der Waals surface area contributed by atoms with E-state index < -0.39 is 0 Å². The van der Waals surface area contributed by atoms with Gasteiger partial charge in [-0.2, -0.15) is 0 Å². The Morgan fingerprint density at radius 2 is 2.46 bits per heavy atom. The summed E-state index contributed by atoms with van der Waals surface area (Å²) in [5.41, 5.74) is 0. The van der Waals surface area contributed by atoms with Crippen molar-refractivity contribution in [3.05, 3.63) is 21.9 Å². The van der Waals surface area contributed by atoms with Gasteiger partial charge in [0.2, 0.25) is 0 Å². The molecule has 2 atom stereocenters. The number of thiophene rings is 1. The van der Waals surface area contributed by atoms with Crippen molar-refractivity contribution >= 4 is 22.9 Å². The van der Waals surface area contributed by atoms with Crippen molar-refractivity contribution in [2.75, 3.05) is 12.5 Å². The van der Waals surface area contributed by atoms with E-state index in [1.165, 1.54) is 4.88 Å². The van der Waals surface area contributed by atoms with Crippen molar-refractivity contribution in [1.82, 2.24) is 0 Å². The zero-order chi connectivity index (χ0) is 9.26.